The Morgan fingerprint density at radius 2 is 1.58 bits per heavy atom. The van der Waals surface area contributed by atoms with Gasteiger partial charge in [-0.2, -0.15) is 5.26 Å². The number of ketones is 1. The van der Waals surface area contributed by atoms with E-state index in [4.69, 9.17) is 4.74 Å². The van der Waals surface area contributed by atoms with Crippen LogP contribution in [0, 0.1) is 29.1 Å². The maximum absolute atomic E-state index is 13.2. The third-order valence-electron chi connectivity index (χ3n) is 6.28. The van der Waals surface area contributed by atoms with Gasteiger partial charge in [-0.25, -0.2) is 0 Å². The molecule has 1 aliphatic carbocycles. The minimum absolute atomic E-state index is 0.0976. The molecule has 3 nitrogen and oxygen atoms in total. The zero-order valence-electron chi connectivity index (χ0n) is 17.8. The van der Waals surface area contributed by atoms with E-state index < -0.39 is 0 Å². The Kier molecular flexibility index (Phi) is 6.48. The number of nitriles is 1. The molecule has 0 heterocycles. The molecule has 3 atom stereocenters. The van der Waals surface area contributed by atoms with Crippen molar-refractivity contribution in [1.82, 2.24) is 0 Å². The fourth-order valence-electron chi connectivity index (χ4n) is 4.67. The zero-order valence-corrected chi connectivity index (χ0v) is 17.8. The molecule has 0 bridgehead atoms. The topological polar surface area (TPSA) is 50.1 Å². The number of carbonyl (C=O) groups is 1. The summed E-state index contributed by atoms with van der Waals surface area (Å²) in [5.74, 6) is 0.755. The van der Waals surface area contributed by atoms with E-state index in [2.05, 4.69) is 18.2 Å². The first-order chi connectivity index (χ1) is 15.2. The van der Waals surface area contributed by atoms with Gasteiger partial charge in [-0.15, -0.1) is 0 Å². The van der Waals surface area contributed by atoms with Crippen LogP contribution in [0.15, 0.2) is 78.9 Å². The van der Waals surface area contributed by atoms with Gasteiger partial charge in [0, 0.05) is 11.5 Å². The number of rotatable bonds is 7. The monoisotopic (exact) mass is 409 g/mol. The number of hydrogen-bond acceptors (Lipinski definition) is 3. The fourth-order valence-corrected chi connectivity index (χ4v) is 4.67. The van der Waals surface area contributed by atoms with E-state index in [1.165, 1.54) is 5.56 Å². The van der Waals surface area contributed by atoms with Crippen molar-refractivity contribution >= 4 is 5.78 Å². The van der Waals surface area contributed by atoms with Crippen molar-refractivity contribution in [3.05, 3.63) is 90.0 Å². The summed E-state index contributed by atoms with van der Waals surface area (Å²) in [6, 6.07) is 28.5. The number of ether oxygens (including phenoxy) is 1. The van der Waals surface area contributed by atoms with Crippen molar-refractivity contribution in [1.29, 1.82) is 5.26 Å². The molecule has 0 aromatic heterocycles. The summed E-state index contributed by atoms with van der Waals surface area (Å²) in [6.45, 7) is 2.61. The normalized spacial score (nSPS) is 20.2. The third kappa shape index (κ3) is 4.70. The van der Waals surface area contributed by atoms with Crippen LogP contribution < -0.4 is 4.74 Å². The summed E-state index contributed by atoms with van der Waals surface area (Å²) in [7, 11) is 0. The predicted octanol–water partition coefficient (Wildman–Crippen LogP) is 6.34. The molecule has 31 heavy (non-hydrogen) atoms. The van der Waals surface area contributed by atoms with Crippen LogP contribution in [0.2, 0.25) is 0 Å². The molecule has 0 spiro atoms. The molecule has 4 rings (SSSR count). The van der Waals surface area contributed by atoms with Gasteiger partial charge in [0.05, 0.1) is 18.6 Å². The van der Waals surface area contributed by atoms with Crippen LogP contribution in [0.5, 0.6) is 5.75 Å². The molecule has 0 amide bonds. The zero-order chi connectivity index (χ0) is 21.6. The highest BCUT2D eigenvalue weighted by atomic mass is 16.5. The molecule has 0 N–H and O–H groups in total. The van der Waals surface area contributed by atoms with Crippen molar-refractivity contribution in [2.45, 2.75) is 26.2 Å². The lowest BCUT2D eigenvalue weighted by Gasteiger charge is -2.18. The first kappa shape index (κ1) is 20.9. The smallest absolute Gasteiger partial charge is 0.167 e. The number of Topliss-reactive ketones (excluding diaryl/α,β-unsaturated/α-hetero) is 1. The van der Waals surface area contributed by atoms with Crippen LogP contribution in [0.4, 0.5) is 0 Å². The highest BCUT2D eigenvalue weighted by Crippen LogP contribution is 2.40. The molecule has 0 radical (unpaired) electrons. The van der Waals surface area contributed by atoms with Gasteiger partial charge in [0.15, 0.2) is 5.78 Å². The molecule has 3 heteroatoms. The Hall–Kier alpha value is -3.38. The van der Waals surface area contributed by atoms with Crippen LogP contribution in [0.1, 0.15) is 35.7 Å². The predicted molar refractivity (Wildman–Crippen MR) is 123 cm³/mol. The molecule has 0 aliphatic heterocycles. The lowest BCUT2D eigenvalue weighted by atomic mass is 9.83. The van der Waals surface area contributed by atoms with Crippen LogP contribution in [-0.2, 0) is 6.42 Å². The molecule has 1 fully saturated rings. The molecule has 3 aromatic carbocycles. The Morgan fingerprint density at radius 3 is 2.19 bits per heavy atom. The fraction of sp³-hybridized carbons (Fsp3) is 0.286. The Balaban J connectivity index is 1.46. The largest absolute Gasteiger partial charge is 0.494 e. The van der Waals surface area contributed by atoms with Crippen LogP contribution in [0.25, 0.3) is 11.1 Å². The van der Waals surface area contributed by atoms with Crippen molar-refractivity contribution in [2.75, 3.05) is 6.61 Å². The molecule has 156 valence electrons. The minimum atomic E-state index is -0.224. The van der Waals surface area contributed by atoms with Gasteiger partial charge in [-0.3, -0.25) is 4.79 Å². The number of benzene rings is 3. The average molecular weight is 410 g/mol. The Bertz CT molecular complexity index is 1050. The SMILES string of the molecule is CCOc1ccc(-c2ccc(C(=O)C3CCC(Cc4ccccc4)C3C#N)cc2)cc1. The van der Waals surface area contributed by atoms with Crippen molar-refractivity contribution in [2.24, 2.45) is 17.8 Å². The summed E-state index contributed by atoms with van der Waals surface area (Å²) >= 11 is 0. The van der Waals surface area contributed by atoms with Crippen LogP contribution in [0.3, 0.4) is 0 Å². The van der Waals surface area contributed by atoms with Gasteiger partial charge in [0.1, 0.15) is 5.75 Å². The highest BCUT2D eigenvalue weighted by molar-refractivity contribution is 5.98. The van der Waals surface area contributed by atoms with Crippen molar-refractivity contribution in [3.8, 4) is 22.9 Å². The van der Waals surface area contributed by atoms with Gasteiger partial charge in [-0.05, 0) is 60.9 Å². The highest BCUT2D eigenvalue weighted by Gasteiger charge is 2.40. The van der Waals surface area contributed by atoms with Gasteiger partial charge in [-0.1, -0.05) is 66.7 Å². The van der Waals surface area contributed by atoms with Crippen molar-refractivity contribution in [3.63, 3.8) is 0 Å². The van der Waals surface area contributed by atoms with Gasteiger partial charge >= 0.3 is 0 Å². The molecule has 1 saturated carbocycles. The number of carbonyl (C=O) groups excluding carboxylic acids is 1. The summed E-state index contributed by atoms with van der Waals surface area (Å²) in [5.41, 5.74) is 4.08. The van der Waals surface area contributed by atoms with E-state index in [0.717, 1.165) is 36.1 Å². The second kappa shape index (κ2) is 9.62. The summed E-state index contributed by atoms with van der Waals surface area (Å²) in [6.07, 6.45) is 2.57. The quantitative estimate of drug-likeness (QED) is 0.428. The van der Waals surface area contributed by atoms with E-state index in [0.29, 0.717) is 12.2 Å². The van der Waals surface area contributed by atoms with E-state index in [1.54, 1.807) is 0 Å². The first-order valence-corrected chi connectivity index (χ1v) is 11.0. The maximum Gasteiger partial charge on any atom is 0.167 e. The van der Waals surface area contributed by atoms with Crippen LogP contribution >= 0.6 is 0 Å². The second-order valence-corrected chi connectivity index (χ2v) is 8.19. The van der Waals surface area contributed by atoms with Gasteiger partial charge < -0.3 is 4.74 Å². The standard InChI is InChI=1S/C28H27NO2/c1-2-31-25-15-12-22(13-16-25)21-8-10-23(11-9-21)28(30)26-17-14-24(27(26)19-29)18-20-6-4-3-5-7-20/h3-13,15-16,24,26-27H,2,14,17-18H2,1H3. The molecular formula is C28H27NO2. The molecule has 1 aliphatic rings. The van der Waals surface area contributed by atoms with Gasteiger partial charge in [0.2, 0.25) is 0 Å². The average Bonchev–Trinajstić information content (AvgIpc) is 3.22. The first-order valence-electron chi connectivity index (χ1n) is 11.0. The maximum atomic E-state index is 13.2. The minimum Gasteiger partial charge on any atom is -0.494 e. The molecule has 0 saturated heterocycles. The molecular weight excluding hydrogens is 382 g/mol. The van der Waals surface area contributed by atoms with E-state index in [9.17, 15) is 10.1 Å². The van der Waals surface area contributed by atoms with Crippen LogP contribution in [-0.4, -0.2) is 12.4 Å². The lowest BCUT2D eigenvalue weighted by molar-refractivity contribution is 0.0900. The summed E-state index contributed by atoms with van der Waals surface area (Å²) in [4.78, 5) is 13.2. The molecule has 3 aromatic rings. The van der Waals surface area contributed by atoms with E-state index in [-0.39, 0.29) is 23.5 Å². The third-order valence-corrected chi connectivity index (χ3v) is 6.28. The summed E-state index contributed by atoms with van der Waals surface area (Å²) in [5, 5.41) is 9.82. The number of nitrogens with zero attached hydrogens (tertiary/aromatic N) is 1. The second-order valence-electron chi connectivity index (χ2n) is 8.19. The van der Waals surface area contributed by atoms with Gasteiger partial charge in [0.25, 0.3) is 0 Å². The number of hydrogen-bond donors (Lipinski definition) is 0. The van der Waals surface area contributed by atoms with E-state index >= 15 is 0 Å². The lowest BCUT2D eigenvalue weighted by Crippen LogP contribution is -2.22. The Morgan fingerprint density at radius 1 is 0.935 bits per heavy atom. The Labute approximate surface area is 184 Å². The molecule has 3 unspecified atom stereocenters. The van der Waals surface area contributed by atoms with E-state index in [1.807, 2.05) is 73.7 Å². The summed E-state index contributed by atoms with van der Waals surface area (Å²) < 4.78 is 5.50. The van der Waals surface area contributed by atoms with Crippen molar-refractivity contribution < 1.29 is 9.53 Å².